The average Bonchev–Trinajstić information content (AvgIpc) is 3.58. The summed E-state index contributed by atoms with van der Waals surface area (Å²) < 4.78 is 2.65. The van der Waals surface area contributed by atoms with E-state index in [-0.39, 0.29) is 0 Å². The smallest absolute Gasteiger partial charge is 0.0362 e. The van der Waals surface area contributed by atoms with Crippen LogP contribution in [-0.4, -0.2) is 0 Å². The van der Waals surface area contributed by atoms with E-state index in [1.807, 2.05) is 11.3 Å². The molecule has 244 valence electrons. The highest BCUT2D eigenvalue weighted by atomic mass is 32.1. The summed E-state index contributed by atoms with van der Waals surface area (Å²) in [5, 5.41) is 20.8. The Labute approximate surface area is 309 Å². The molecule has 0 nitrogen and oxygen atoms in total. The predicted molar refractivity (Wildman–Crippen MR) is 233 cm³/mol. The van der Waals surface area contributed by atoms with E-state index >= 15 is 0 Å². The third-order valence-corrected chi connectivity index (χ3v) is 12.7. The molecular formula is C52H30S. The van der Waals surface area contributed by atoms with Crippen molar-refractivity contribution in [3.05, 3.63) is 182 Å². The minimum absolute atomic E-state index is 1.25. The molecule has 0 unspecified atom stereocenters. The van der Waals surface area contributed by atoms with E-state index in [2.05, 4.69) is 182 Å². The maximum absolute atomic E-state index is 2.47. The Bertz CT molecular complexity index is 3400. The molecule has 0 saturated heterocycles. The Morgan fingerprint density at radius 3 is 1.17 bits per heavy atom. The molecule has 1 aromatic heterocycles. The second-order valence-corrected chi connectivity index (χ2v) is 15.4. The highest BCUT2D eigenvalue weighted by molar-refractivity contribution is 7.25. The van der Waals surface area contributed by atoms with Crippen LogP contribution in [0.4, 0.5) is 0 Å². The van der Waals surface area contributed by atoms with Gasteiger partial charge in [0.15, 0.2) is 0 Å². The quantitative estimate of drug-likeness (QED) is 0.125. The van der Waals surface area contributed by atoms with E-state index in [9.17, 15) is 0 Å². The summed E-state index contributed by atoms with van der Waals surface area (Å²) in [5.41, 5.74) is 5.16. The number of fused-ring (bicyclic) bond motifs is 13. The van der Waals surface area contributed by atoms with Gasteiger partial charge in [-0.15, -0.1) is 11.3 Å². The molecule has 0 N–H and O–H groups in total. The van der Waals surface area contributed by atoms with Crippen LogP contribution in [0.2, 0.25) is 0 Å². The monoisotopic (exact) mass is 686 g/mol. The zero-order valence-electron chi connectivity index (χ0n) is 28.7. The summed E-state index contributed by atoms with van der Waals surface area (Å²) in [6.07, 6.45) is 0. The average molecular weight is 687 g/mol. The van der Waals surface area contributed by atoms with E-state index in [0.717, 1.165) is 0 Å². The van der Waals surface area contributed by atoms with Crippen molar-refractivity contribution in [2.24, 2.45) is 0 Å². The summed E-state index contributed by atoms with van der Waals surface area (Å²) in [6.45, 7) is 0. The SMILES string of the molecule is c1ccc2c(-c3c4ccccc4c(-c4ccc5sc6cc7c8ccccc8c8ccccc8c7cc6c5c4)c4ccccc34)c3ccccc3cc2c1. The summed E-state index contributed by atoms with van der Waals surface area (Å²) >= 11 is 1.90. The van der Waals surface area contributed by atoms with Crippen LogP contribution in [-0.2, 0) is 0 Å². The fourth-order valence-corrected chi connectivity index (χ4v) is 10.4. The molecule has 0 aliphatic heterocycles. The third kappa shape index (κ3) is 4.11. The molecule has 12 rings (SSSR count). The van der Waals surface area contributed by atoms with Crippen molar-refractivity contribution >= 4 is 107 Å². The standard InChI is InChI=1S/C52H30S/c1-3-15-34-31(13-1)27-32-14-2-4-16-35(32)51(34)52-42-23-11-9-21-40(42)50(41-22-10-12-24-43(41)52)33-25-26-48-46(28-33)47-29-44-38-19-7-5-17-36(38)37-18-6-8-20-39(37)45(44)30-49(47)53-48/h1-30H. The summed E-state index contributed by atoms with van der Waals surface area (Å²) in [7, 11) is 0. The zero-order chi connectivity index (χ0) is 34.6. The second kappa shape index (κ2) is 11.0. The van der Waals surface area contributed by atoms with Gasteiger partial charge in [-0.05, 0) is 128 Å². The van der Waals surface area contributed by atoms with Crippen molar-refractivity contribution in [1.82, 2.24) is 0 Å². The first-order chi connectivity index (χ1) is 26.3. The third-order valence-electron chi connectivity index (χ3n) is 11.6. The first-order valence-corrected chi connectivity index (χ1v) is 19.2. The highest BCUT2D eigenvalue weighted by Crippen LogP contribution is 2.49. The van der Waals surface area contributed by atoms with Gasteiger partial charge in [-0.1, -0.05) is 152 Å². The van der Waals surface area contributed by atoms with Gasteiger partial charge in [0.05, 0.1) is 0 Å². The zero-order valence-corrected chi connectivity index (χ0v) is 29.5. The van der Waals surface area contributed by atoms with Gasteiger partial charge in [0.2, 0.25) is 0 Å². The molecule has 53 heavy (non-hydrogen) atoms. The summed E-state index contributed by atoms with van der Waals surface area (Å²) in [6, 6.07) is 68.0. The molecule has 0 fully saturated rings. The van der Waals surface area contributed by atoms with Crippen molar-refractivity contribution < 1.29 is 0 Å². The van der Waals surface area contributed by atoms with Crippen LogP contribution in [0.3, 0.4) is 0 Å². The molecule has 0 spiro atoms. The fourth-order valence-electron chi connectivity index (χ4n) is 9.32. The van der Waals surface area contributed by atoms with E-state index in [1.165, 1.54) is 118 Å². The minimum Gasteiger partial charge on any atom is -0.135 e. The van der Waals surface area contributed by atoms with E-state index < -0.39 is 0 Å². The summed E-state index contributed by atoms with van der Waals surface area (Å²) in [5.74, 6) is 0. The lowest BCUT2D eigenvalue weighted by Crippen LogP contribution is -1.92. The van der Waals surface area contributed by atoms with E-state index in [4.69, 9.17) is 0 Å². The first-order valence-electron chi connectivity index (χ1n) is 18.3. The van der Waals surface area contributed by atoms with Gasteiger partial charge in [0, 0.05) is 20.2 Å². The molecule has 0 bridgehead atoms. The van der Waals surface area contributed by atoms with Crippen LogP contribution in [0.1, 0.15) is 0 Å². The van der Waals surface area contributed by atoms with Crippen LogP contribution >= 0.6 is 11.3 Å². The van der Waals surface area contributed by atoms with Crippen LogP contribution in [0.25, 0.3) is 118 Å². The Morgan fingerprint density at radius 1 is 0.226 bits per heavy atom. The number of rotatable bonds is 2. The molecule has 12 aromatic rings. The van der Waals surface area contributed by atoms with Crippen molar-refractivity contribution in [1.29, 1.82) is 0 Å². The number of thiophene rings is 1. The van der Waals surface area contributed by atoms with Gasteiger partial charge in [-0.3, -0.25) is 0 Å². The molecule has 0 aliphatic rings. The molecule has 0 atom stereocenters. The molecule has 0 saturated carbocycles. The maximum Gasteiger partial charge on any atom is 0.0362 e. The second-order valence-electron chi connectivity index (χ2n) is 14.3. The van der Waals surface area contributed by atoms with E-state index in [0.29, 0.717) is 0 Å². The fraction of sp³-hybridized carbons (Fsp3) is 0. The van der Waals surface area contributed by atoms with Gasteiger partial charge in [0.1, 0.15) is 0 Å². The van der Waals surface area contributed by atoms with Gasteiger partial charge < -0.3 is 0 Å². The number of hydrogen-bond acceptors (Lipinski definition) is 1. The largest absolute Gasteiger partial charge is 0.135 e. The molecule has 1 heterocycles. The Balaban J connectivity index is 1.18. The highest BCUT2D eigenvalue weighted by Gasteiger charge is 2.21. The maximum atomic E-state index is 2.47. The topological polar surface area (TPSA) is 0 Å². The molecular weight excluding hydrogens is 657 g/mol. The summed E-state index contributed by atoms with van der Waals surface area (Å²) in [4.78, 5) is 0. The number of hydrogen-bond donors (Lipinski definition) is 0. The van der Waals surface area contributed by atoms with Gasteiger partial charge in [-0.25, -0.2) is 0 Å². The first kappa shape index (κ1) is 29.1. The molecule has 0 radical (unpaired) electrons. The van der Waals surface area contributed by atoms with Crippen LogP contribution in [0, 0.1) is 0 Å². The van der Waals surface area contributed by atoms with Crippen LogP contribution < -0.4 is 0 Å². The van der Waals surface area contributed by atoms with Gasteiger partial charge >= 0.3 is 0 Å². The van der Waals surface area contributed by atoms with Crippen LogP contribution in [0.5, 0.6) is 0 Å². The lowest BCUT2D eigenvalue weighted by molar-refractivity contribution is 1.70. The minimum atomic E-state index is 1.25. The molecule has 1 heteroatoms. The Kier molecular flexibility index (Phi) is 6.03. The lowest BCUT2D eigenvalue weighted by Gasteiger charge is -2.20. The molecule has 0 aliphatic carbocycles. The van der Waals surface area contributed by atoms with Crippen molar-refractivity contribution in [2.45, 2.75) is 0 Å². The molecule has 0 amide bonds. The number of benzene rings is 11. The lowest BCUT2D eigenvalue weighted by atomic mass is 9.83. The normalized spacial score (nSPS) is 12.2. The van der Waals surface area contributed by atoms with E-state index in [1.54, 1.807) is 0 Å². The predicted octanol–water partition coefficient (Wildman–Crippen LogP) is 15.5. The van der Waals surface area contributed by atoms with Crippen molar-refractivity contribution in [3.8, 4) is 22.3 Å². The molecule has 11 aromatic carbocycles. The van der Waals surface area contributed by atoms with Gasteiger partial charge in [-0.2, -0.15) is 0 Å². The van der Waals surface area contributed by atoms with Crippen molar-refractivity contribution in [2.75, 3.05) is 0 Å². The van der Waals surface area contributed by atoms with Gasteiger partial charge in [0.25, 0.3) is 0 Å². The Morgan fingerprint density at radius 2 is 0.623 bits per heavy atom. The van der Waals surface area contributed by atoms with Crippen molar-refractivity contribution in [3.63, 3.8) is 0 Å². The Hall–Kier alpha value is -6.54. The van der Waals surface area contributed by atoms with Crippen LogP contribution in [0.15, 0.2) is 182 Å².